The van der Waals surface area contributed by atoms with Crippen LogP contribution in [0, 0.1) is 6.92 Å². The number of anilines is 1. The molecule has 0 saturated carbocycles. The number of carbonyl (C=O) groups excluding carboxylic acids is 2. The van der Waals surface area contributed by atoms with E-state index in [1.807, 2.05) is 51.1 Å². The number of amides is 2. The molecule has 0 bridgehead atoms. The fourth-order valence-corrected chi connectivity index (χ4v) is 6.60. The standard InChI is InChI=1S/C35H37Cl2N3O4S/c1-25-19-20-28(22-31(25)37)40(45(43,44)29-16-9-6-10-17-29)24-33(41)39(23-27-15-11-12-18-30(27)36)32(34(42)38-35(2,3)4)21-26-13-7-5-8-14-26/h5-20,22,32H,21,23-24H2,1-4H3,(H,38,42). The van der Waals surface area contributed by atoms with E-state index in [1.54, 1.807) is 61.5 Å². The summed E-state index contributed by atoms with van der Waals surface area (Å²) in [5.41, 5.74) is 1.84. The summed E-state index contributed by atoms with van der Waals surface area (Å²) < 4.78 is 29.2. The molecule has 0 fully saturated rings. The average molecular weight is 667 g/mol. The number of hydrogen-bond donors (Lipinski definition) is 1. The van der Waals surface area contributed by atoms with E-state index < -0.39 is 34.1 Å². The number of halogens is 2. The molecule has 4 aromatic rings. The fourth-order valence-electron chi connectivity index (χ4n) is 4.80. The van der Waals surface area contributed by atoms with Crippen molar-refractivity contribution in [3.05, 3.63) is 130 Å². The second-order valence-electron chi connectivity index (χ2n) is 11.8. The lowest BCUT2D eigenvalue weighted by atomic mass is 10.0. The maximum atomic E-state index is 14.5. The van der Waals surface area contributed by atoms with Crippen LogP contribution in [0.1, 0.15) is 37.5 Å². The monoisotopic (exact) mass is 665 g/mol. The Hall–Kier alpha value is -3.85. The van der Waals surface area contributed by atoms with Crippen LogP contribution in [0.2, 0.25) is 10.0 Å². The van der Waals surface area contributed by atoms with Crippen molar-refractivity contribution in [2.75, 3.05) is 10.8 Å². The summed E-state index contributed by atoms with van der Waals surface area (Å²) in [5, 5.41) is 3.79. The number of nitrogens with one attached hydrogen (secondary N) is 1. The summed E-state index contributed by atoms with van der Waals surface area (Å²) in [6.07, 6.45) is 0.195. The molecule has 1 atom stereocenters. The molecule has 0 aliphatic heterocycles. The van der Waals surface area contributed by atoms with Crippen LogP contribution < -0.4 is 9.62 Å². The van der Waals surface area contributed by atoms with E-state index in [0.29, 0.717) is 15.6 Å². The van der Waals surface area contributed by atoms with Gasteiger partial charge in [0.25, 0.3) is 10.0 Å². The molecule has 4 aromatic carbocycles. The van der Waals surface area contributed by atoms with Gasteiger partial charge in [-0.25, -0.2) is 8.42 Å². The van der Waals surface area contributed by atoms with E-state index in [2.05, 4.69) is 5.32 Å². The molecule has 0 aliphatic rings. The molecular weight excluding hydrogens is 629 g/mol. The average Bonchev–Trinajstić information content (AvgIpc) is 3.00. The number of hydrogen-bond acceptors (Lipinski definition) is 4. The number of benzene rings is 4. The Kier molecular flexibility index (Phi) is 11.0. The lowest BCUT2D eigenvalue weighted by molar-refractivity contribution is -0.140. The molecule has 1 unspecified atom stereocenters. The van der Waals surface area contributed by atoms with Gasteiger partial charge in [-0.15, -0.1) is 0 Å². The van der Waals surface area contributed by atoms with Gasteiger partial charge in [0.15, 0.2) is 0 Å². The van der Waals surface area contributed by atoms with Gasteiger partial charge in [0, 0.05) is 28.5 Å². The first-order valence-electron chi connectivity index (χ1n) is 14.5. The van der Waals surface area contributed by atoms with Crippen LogP contribution in [0.15, 0.2) is 108 Å². The van der Waals surface area contributed by atoms with Gasteiger partial charge in [0.05, 0.1) is 10.6 Å². The molecule has 0 heterocycles. The second-order valence-corrected chi connectivity index (χ2v) is 14.5. The highest BCUT2D eigenvalue weighted by Crippen LogP contribution is 2.29. The van der Waals surface area contributed by atoms with Crippen molar-refractivity contribution in [2.45, 2.75) is 57.1 Å². The number of carbonyl (C=O) groups is 2. The molecular formula is C35H37Cl2N3O4S. The van der Waals surface area contributed by atoms with E-state index >= 15 is 0 Å². The maximum Gasteiger partial charge on any atom is 0.264 e. The molecule has 0 radical (unpaired) electrons. The predicted octanol–water partition coefficient (Wildman–Crippen LogP) is 7.05. The highest BCUT2D eigenvalue weighted by atomic mass is 35.5. The molecule has 2 amide bonds. The van der Waals surface area contributed by atoms with Crippen LogP contribution in [0.25, 0.3) is 0 Å². The Bertz CT molecular complexity index is 1740. The van der Waals surface area contributed by atoms with Crippen molar-refractivity contribution in [1.82, 2.24) is 10.2 Å². The number of sulfonamides is 1. The minimum Gasteiger partial charge on any atom is -0.350 e. The number of nitrogens with zero attached hydrogens (tertiary/aromatic N) is 2. The Balaban J connectivity index is 1.84. The fraction of sp³-hybridized carbons (Fsp3) is 0.257. The topological polar surface area (TPSA) is 86.8 Å². The van der Waals surface area contributed by atoms with E-state index in [1.165, 1.54) is 23.1 Å². The van der Waals surface area contributed by atoms with Crippen LogP contribution in [-0.4, -0.2) is 43.3 Å². The molecule has 236 valence electrons. The van der Waals surface area contributed by atoms with Crippen LogP contribution in [0.5, 0.6) is 0 Å². The van der Waals surface area contributed by atoms with Gasteiger partial charge in [-0.3, -0.25) is 13.9 Å². The quantitative estimate of drug-likeness (QED) is 0.186. The van der Waals surface area contributed by atoms with E-state index in [4.69, 9.17) is 23.2 Å². The van der Waals surface area contributed by atoms with Gasteiger partial charge in [0.1, 0.15) is 12.6 Å². The third kappa shape index (κ3) is 8.87. The van der Waals surface area contributed by atoms with Crippen molar-refractivity contribution in [1.29, 1.82) is 0 Å². The predicted molar refractivity (Wildman–Crippen MR) is 181 cm³/mol. The van der Waals surface area contributed by atoms with Crippen molar-refractivity contribution in [3.8, 4) is 0 Å². The Labute approximate surface area is 275 Å². The highest BCUT2D eigenvalue weighted by Gasteiger charge is 2.36. The normalized spacial score (nSPS) is 12.3. The summed E-state index contributed by atoms with van der Waals surface area (Å²) in [7, 11) is -4.23. The lowest BCUT2D eigenvalue weighted by Crippen LogP contribution is -2.56. The third-order valence-electron chi connectivity index (χ3n) is 7.12. The highest BCUT2D eigenvalue weighted by molar-refractivity contribution is 7.92. The molecule has 4 rings (SSSR count). The van der Waals surface area contributed by atoms with E-state index in [9.17, 15) is 18.0 Å². The van der Waals surface area contributed by atoms with Crippen molar-refractivity contribution < 1.29 is 18.0 Å². The van der Waals surface area contributed by atoms with Gasteiger partial charge < -0.3 is 10.2 Å². The van der Waals surface area contributed by atoms with Crippen LogP contribution in [0.4, 0.5) is 5.69 Å². The molecule has 0 saturated heterocycles. The SMILES string of the molecule is Cc1ccc(N(CC(=O)N(Cc2ccccc2Cl)C(Cc2ccccc2)C(=O)NC(C)(C)C)S(=O)(=O)c2ccccc2)cc1Cl. The zero-order valence-corrected chi connectivity index (χ0v) is 28.0. The van der Waals surface area contributed by atoms with Crippen molar-refractivity contribution in [3.63, 3.8) is 0 Å². The zero-order chi connectivity index (χ0) is 32.8. The Morgan fingerprint density at radius 1 is 0.822 bits per heavy atom. The first kappa shape index (κ1) is 34.0. The van der Waals surface area contributed by atoms with Gasteiger partial charge in [-0.05, 0) is 74.7 Å². The van der Waals surface area contributed by atoms with Crippen molar-refractivity contribution in [2.24, 2.45) is 0 Å². The largest absolute Gasteiger partial charge is 0.350 e. The van der Waals surface area contributed by atoms with Crippen molar-refractivity contribution >= 4 is 50.7 Å². The van der Waals surface area contributed by atoms with Gasteiger partial charge in [-0.2, -0.15) is 0 Å². The summed E-state index contributed by atoms with van der Waals surface area (Å²) in [5.74, 6) is -0.960. The summed E-state index contributed by atoms with van der Waals surface area (Å²) in [4.78, 5) is 29.9. The minimum atomic E-state index is -4.23. The second kappa shape index (κ2) is 14.5. The van der Waals surface area contributed by atoms with E-state index in [0.717, 1.165) is 15.4 Å². The Morgan fingerprint density at radius 2 is 1.42 bits per heavy atom. The molecule has 10 heteroatoms. The maximum absolute atomic E-state index is 14.5. The summed E-state index contributed by atoms with van der Waals surface area (Å²) >= 11 is 13.0. The third-order valence-corrected chi connectivity index (χ3v) is 9.69. The molecule has 45 heavy (non-hydrogen) atoms. The minimum absolute atomic E-state index is 0.0125. The smallest absolute Gasteiger partial charge is 0.264 e. The van der Waals surface area contributed by atoms with E-state index in [-0.39, 0.29) is 29.5 Å². The summed E-state index contributed by atoms with van der Waals surface area (Å²) in [6, 6.07) is 28.2. The molecule has 0 aromatic heterocycles. The zero-order valence-electron chi connectivity index (χ0n) is 25.7. The molecule has 7 nitrogen and oxygen atoms in total. The van der Waals surface area contributed by atoms with Gasteiger partial charge in [0.2, 0.25) is 11.8 Å². The van der Waals surface area contributed by atoms with Crippen LogP contribution in [-0.2, 0) is 32.6 Å². The van der Waals surface area contributed by atoms with Crippen LogP contribution >= 0.6 is 23.2 Å². The molecule has 0 aliphatic carbocycles. The van der Waals surface area contributed by atoms with Crippen LogP contribution in [0.3, 0.4) is 0 Å². The summed E-state index contributed by atoms with van der Waals surface area (Å²) in [6.45, 7) is 6.78. The molecule has 1 N–H and O–H groups in total. The number of aryl methyl sites for hydroxylation is 1. The molecule has 0 spiro atoms. The number of rotatable bonds is 11. The van der Waals surface area contributed by atoms with Gasteiger partial charge in [-0.1, -0.05) is 96.0 Å². The first-order chi connectivity index (χ1) is 21.3. The lowest BCUT2D eigenvalue weighted by Gasteiger charge is -2.35. The first-order valence-corrected chi connectivity index (χ1v) is 16.7. The van der Waals surface area contributed by atoms with Gasteiger partial charge >= 0.3 is 0 Å². The Morgan fingerprint density at radius 3 is 2.02 bits per heavy atom.